The Labute approximate surface area is 87.1 Å². The van der Waals surface area contributed by atoms with Crippen molar-refractivity contribution in [3.05, 3.63) is 34.9 Å². The first-order valence-corrected chi connectivity index (χ1v) is 4.87. The van der Waals surface area contributed by atoms with Crippen LogP contribution < -0.4 is 5.73 Å². The number of aryl methyl sites for hydroxylation is 1. The molecule has 0 aliphatic rings. The topological polar surface area (TPSA) is 26.0 Å². The number of hydrogen-bond acceptors (Lipinski definition) is 1. The maximum absolute atomic E-state index is 12.5. The van der Waals surface area contributed by atoms with Gasteiger partial charge < -0.3 is 5.73 Å². The van der Waals surface area contributed by atoms with Crippen LogP contribution in [0.1, 0.15) is 30.0 Å². The Kier molecular flexibility index (Phi) is 3.74. The Morgan fingerprint density at radius 1 is 1.13 bits per heavy atom. The molecule has 0 saturated carbocycles. The molecule has 0 fully saturated rings. The Morgan fingerprint density at radius 3 is 2.20 bits per heavy atom. The highest BCUT2D eigenvalue weighted by atomic mass is 19.4. The van der Waals surface area contributed by atoms with Gasteiger partial charge in [-0.2, -0.15) is 13.2 Å². The van der Waals surface area contributed by atoms with Crippen LogP contribution in [0.3, 0.4) is 0 Å². The van der Waals surface area contributed by atoms with Crippen molar-refractivity contribution in [3.8, 4) is 0 Å². The van der Waals surface area contributed by atoms with Crippen molar-refractivity contribution < 1.29 is 13.2 Å². The molecule has 0 spiro atoms. The largest absolute Gasteiger partial charge is 0.416 e. The lowest BCUT2D eigenvalue weighted by atomic mass is 10.0. The lowest BCUT2D eigenvalue weighted by Crippen LogP contribution is -2.08. The first-order chi connectivity index (χ1) is 6.97. The van der Waals surface area contributed by atoms with Gasteiger partial charge in [-0.1, -0.05) is 19.4 Å². The predicted molar refractivity (Wildman–Crippen MR) is 53.3 cm³/mol. The molecular formula is C11H14F3N. The van der Waals surface area contributed by atoms with Gasteiger partial charge in [-0.25, -0.2) is 0 Å². The second kappa shape index (κ2) is 4.66. The van der Waals surface area contributed by atoms with Crippen LogP contribution in [0, 0.1) is 0 Å². The molecule has 1 aromatic carbocycles. The summed E-state index contributed by atoms with van der Waals surface area (Å²) in [5.74, 6) is 0. The quantitative estimate of drug-likeness (QED) is 0.827. The SMILES string of the molecule is CCCc1cc(CN)cc(C(F)(F)F)c1. The molecule has 0 bridgehead atoms. The van der Waals surface area contributed by atoms with Gasteiger partial charge in [0.2, 0.25) is 0 Å². The van der Waals surface area contributed by atoms with Crippen molar-refractivity contribution in [2.75, 3.05) is 0 Å². The van der Waals surface area contributed by atoms with Crippen LogP contribution in [-0.2, 0) is 19.1 Å². The summed E-state index contributed by atoms with van der Waals surface area (Å²) in [4.78, 5) is 0. The van der Waals surface area contributed by atoms with Gasteiger partial charge in [-0.3, -0.25) is 0 Å². The van der Waals surface area contributed by atoms with Crippen molar-refractivity contribution in [2.24, 2.45) is 5.73 Å². The number of halogens is 3. The third-order valence-electron chi connectivity index (χ3n) is 2.15. The van der Waals surface area contributed by atoms with Crippen molar-refractivity contribution in [1.82, 2.24) is 0 Å². The minimum Gasteiger partial charge on any atom is -0.326 e. The number of rotatable bonds is 3. The van der Waals surface area contributed by atoms with E-state index in [1.807, 2.05) is 6.92 Å². The number of nitrogens with two attached hydrogens (primary N) is 1. The van der Waals surface area contributed by atoms with E-state index in [1.165, 1.54) is 6.07 Å². The molecule has 0 atom stereocenters. The van der Waals surface area contributed by atoms with E-state index in [2.05, 4.69) is 0 Å². The minimum absolute atomic E-state index is 0.140. The maximum atomic E-state index is 12.5. The highest BCUT2D eigenvalue weighted by Crippen LogP contribution is 2.30. The first-order valence-electron chi connectivity index (χ1n) is 4.87. The summed E-state index contributed by atoms with van der Waals surface area (Å²) in [6.45, 7) is 2.07. The number of alkyl halides is 3. The van der Waals surface area contributed by atoms with E-state index >= 15 is 0 Å². The fraction of sp³-hybridized carbons (Fsp3) is 0.455. The lowest BCUT2D eigenvalue weighted by molar-refractivity contribution is -0.137. The molecule has 0 aliphatic carbocycles. The van der Waals surface area contributed by atoms with Crippen LogP contribution >= 0.6 is 0 Å². The van der Waals surface area contributed by atoms with Crippen molar-refractivity contribution in [3.63, 3.8) is 0 Å². The molecule has 0 unspecified atom stereocenters. The monoisotopic (exact) mass is 217 g/mol. The van der Waals surface area contributed by atoms with Gasteiger partial charge in [-0.05, 0) is 29.7 Å². The third kappa shape index (κ3) is 3.23. The molecular weight excluding hydrogens is 203 g/mol. The van der Waals surface area contributed by atoms with Gasteiger partial charge >= 0.3 is 6.18 Å². The normalized spacial score (nSPS) is 11.8. The van der Waals surface area contributed by atoms with Crippen LogP contribution in [0.2, 0.25) is 0 Å². The van der Waals surface area contributed by atoms with Gasteiger partial charge in [0.05, 0.1) is 5.56 Å². The Hall–Kier alpha value is -1.03. The molecule has 0 aliphatic heterocycles. The summed E-state index contributed by atoms with van der Waals surface area (Å²) < 4.78 is 37.5. The summed E-state index contributed by atoms with van der Waals surface area (Å²) in [6, 6.07) is 4.04. The van der Waals surface area contributed by atoms with Crippen molar-refractivity contribution in [2.45, 2.75) is 32.5 Å². The van der Waals surface area contributed by atoms with Gasteiger partial charge in [0.1, 0.15) is 0 Å². The minimum atomic E-state index is -4.28. The average molecular weight is 217 g/mol. The zero-order valence-corrected chi connectivity index (χ0v) is 8.56. The molecule has 84 valence electrons. The Bertz CT molecular complexity index is 331. The van der Waals surface area contributed by atoms with Gasteiger partial charge in [0, 0.05) is 6.54 Å². The van der Waals surface area contributed by atoms with E-state index in [9.17, 15) is 13.2 Å². The zero-order valence-electron chi connectivity index (χ0n) is 8.56. The standard InChI is InChI=1S/C11H14F3N/c1-2-3-8-4-9(7-15)6-10(5-8)11(12,13)14/h4-6H,2-3,7,15H2,1H3. The molecule has 4 heteroatoms. The fourth-order valence-electron chi connectivity index (χ4n) is 1.48. The number of benzene rings is 1. The van der Waals surface area contributed by atoms with Gasteiger partial charge in [0.25, 0.3) is 0 Å². The van der Waals surface area contributed by atoms with Crippen LogP contribution in [0.15, 0.2) is 18.2 Å². The Morgan fingerprint density at radius 2 is 1.73 bits per heavy atom. The van der Waals surface area contributed by atoms with Crippen LogP contribution in [-0.4, -0.2) is 0 Å². The van der Waals surface area contributed by atoms with E-state index in [0.29, 0.717) is 17.5 Å². The lowest BCUT2D eigenvalue weighted by Gasteiger charge is -2.11. The third-order valence-corrected chi connectivity index (χ3v) is 2.15. The molecule has 0 radical (unpaired) electrons. The molecule has 1 aromatic rings. The highest BCUT2D eigenvalue weighted by Gasteiger charge is 2.30. The van der Waals surface area contributed by atoms with Crippen LogP contribution in [0.25, 0.3) is 0 Å². The molecule has 0 heterocycles. The smallest absolute Gasteiger partial charge is 0.326 e. The van der Waals surface area contributed by atoms with Gasteiger partial charge in [0.15, 0.2) is 0 Å². The van der Waals surface area contributed by atoms with Crippen LogP contribution in [0.4, 0.5) is 13.2 Å². The maximum Gasteiger partial charge on any atom is 0.416 e. The molecule has 1 rings (SSSR count). The average Bonchev–Trinajstić information content (AvgIpc) is 2.16. The van der Waals surface area contributed by atoms with Crippen molar-refractivity contribution >= 4 is 0 Å². The van der Waals surface area contributed by atoms with E-state index in [0.717, 1.165) is 12.5 Å². The molecule has 2 N–H and O–H groups in total. The van der Waals surface area contributed by atoms with E-state index < -0.39 is 11.7 Å². The predicted octanol–water partition coefficient (Wildman–Crippen LogP) is 3.12. The van der Waals surface area contributed by atoms with Crippen molar-refractivity contribution in [1.29, 1.82) is 0 Å². The fourth-order valence-corrected chi connectivity index (χ4v) is 1.48. The summed E-state index contributed by atoms with van der Waals surface area (Å²) in [5.41, 5.74) is 5.99. The van der Waals surface area contributed by atoms with E-state index in [4.69, 9.17) is 5.73 Å². The summed E-state index contributed by atoms with van der Waals surface area (Å²) in [5, 5.41) is 0. The second-order valence-corrected chi connectivity index (χ2v) is 3.49. The molecule has 1 nitrogen and oxygen atoms in total. The first kappa shape index (κ1) is 12.0. The molecule has 15 heavy (non-hydrogen) atoms. The van der Waals surface area contributed by atoms with E-state index in [-0.39, 0.29) is 6.54 Å². The summed E-state index contributed by atoms with van der Waals surface area (Å²) in [6.07, 6.45) is -2.81. The molecule has 0 amide bonds. The Balaban J connectivity index is 3.11. The zero-order chi connectivity index (χ0) is 11.5. The number of hydrogen-bond donors (Lipinski definition) is 1. The molecule has 0 saturated heterocycles. The summed E-state index contributed by atoms with van der Waals surface area (Å²) >= 11 is 0. The van der Waals surface area contributed by atoms with Crippen LogP contribution in [0.5, 0.6) is 0 Å². The summed E-state index contributed by atoms with van der Waals surface area (Å²) in [7, 11) is 0. The highest BCUT2D eigenvalue weighted by molar-refractivity contribution is 5.32. The second-order valence-electron chi connectivity index (χ2n) is 3.49. The van der Waals surface area contributed by atoms with Gasteiger partial charge in [-0.15, -0.1) is 0 Å². The van der Waals surface area contributed by atoms with E-state index in [1.54, 1.807) is 6.07 Å². The molecule has 0 aromatic heterocycles.